The predicted octanol–water partition coefficient (Wildman–Crippen LogP) is 6.01. The van der Waals surface area contributed by atoms with Crippen molar-refractivity contribution in [1.29, 1.82) is 0 Å². The minimum atomic E-state index is -4.09. The highest BCUT2D eigenvalue weighted by atomic mass is 32.2. The van der Waals surface area contributed by atoms with E-state index in [1.165, 1.54) is 70.4 Å². The number of carbonyl (C=O) groups excluding carboxylic acids is 1. The first-order valence-corrected chi connectivity index (χ1v) is 15.4. The summed E-state index contributed by atoms with van der Waals surface area (Å²) in [6.45, 7) is -0.378. The number of ether oxygens (including phenoxy) is 2. The van der Waals surface area contributed by atoms with Crippen molar-refractivity contribution in [3.63, 3.8) is 0 Å². The fraction of sp³-hybridized carbons (Fsp3) is 0.406. The van der Waals surface area contributed by atoms with Crippen molar-refractivity contribution in [2.24, 2.45) is 17.8 Å². The Morgan fingerprint density at radius 1 is 0.850 bits per heavy atom. The van der Waals surface area contributed by atoms with Gasteiger partial charge in [0.1, 0.15) is 6.54 Å². The molecular weight excluding hydrogens is 524 g/mol. The molecule has 8 heteroatoms. The molecule has 3 aromatic rings. The number of hydrogen-bond acceptors (Lipinski definition) is 5. The number of methoxy groups -OCH3 is 2. The Morgan fingerprint density at radius 2 is 1.45 bits per heavy atom. The molecule has 4 saturated carbocycles. The molecule has 0 saturated heterocycles. The van der Waals surface area contributed by atoms with Gasteiger partial charge in [0, 0.05) is 11.8 Å². The van der Waals surface area contributed by atoms with Gasteiger partial charge in [-0.15, -0.1) is 0 Å². The maximum absolute atomic E-state index is 13.8. The fourth-order valence-electron chi connectivity index (χ4n) is 7.72. The number of nitrogens with zero attached hydrogens (tertiary/aromatic N) is 1. The third kappa shape index (κ3) is 4.94. The van der Waals surface area contributed by atoms with Crippen molar-refractivity contribution >= 4 is 27.3 Å². The highest BCUT2D eigenvalue weighted by Crippen LogP contribution is 2.60. The zero-order valence-corrected chi connectivity index (χ0v) is 23.8. The Labute approximate surface area is 236 Å². The van der Waals surface area contributed by atoms with Crippen LogP contribution >= 0.6 is 0 Å². The van der Waals surface area contributed by atoms with Crippen LogP contribution in [0.25, 0.3) is 0 Å². The molecule has 0 unspecified atom stereocenters. The number of carbonyl (C=O) groups is 1. The van der Waals surface area contributed by atoms with E-state index in [0.29, 0.717) is 22.9 Å². The predicted molar refractivity (Wildman–Crippen MR) is 155 cm³/mol. The van der Waals surface area contributed by atoms with Crippen LogP contribution < -0.4 is 19.1 Å². The zero-order valence-electron chi connectivity index (χ0n) is 23.0. The van der Waals surface area contributed by atoms with Crippen molar-refractivity contribution in [3.05, 3.63) is 78.4 Å². The van der Waals surface area contributed by atoms with Crippen LogP contribution in [0.1, 0.15) is 44.1 Å². The maximum Gasteiger partial charge on any atom is 0.264 e. The first-order valence-electron chi connectivity index (χ1n) is 14.0. The van der Waals surface area contributed by atoms with Gasteiger partial charge in [0.15, 0.2) is 11.5 Å². The van der Waals surface area contributed by atoms with E-state index >= 15 is 0 Å². The van der Waals surface area contributed by atoms with Gasteiger partial charge in [-0.05, 0) is 104 Å². The van der Waals surface area contributed by atoms with Crippen LogP contribution in [0.2, 0.25) is 0 Å². The average molecular weight is 561 g/mol. The summed E-state index contributed by atoms with van der Waals surface area (Å²) < 4.78 is 39.3. The molecule has 1 amide bonds. The highest BCUT2D eigenvalue weighted by molar-refractivity contribution is 7.92. The smallest absolute Gasteiger partial charge is 0.264 e. The first-order chi connectivity index (χ1) is 19.3. The van der Waals surface area contributed by atoms with Crippen molar-refractivity contribution in [2.75, 3.05) is 30.4 Å². The highest BCUT2D eigenvalue weighted by Gasteiger charge is 2.51. The van der Waals surface area contributed by atoms with E-state index in [2.05, 4.69) is 17.4 Å². The lowest BCUT2D eigenvalue weighted by Gasteiger charge is -2.57. The van der Waals surface area contributed by atoms with E-state index in [4.69, 9.17) is 9.47 Å². The van der Waals surface area contributed by atoms with Gasteiger partial charge in [-0.1, -0.05) is 30.3 Å². The van der Waals surface area contributed by atoms with Crippen LogP contribution in [0.3, 0.4) is 0 Å². The van der Waals surface area contributed by atoms with E-state index < -0.39 is 15.9 Å². The van der Waals surface area contributed by atoms with Crippen LogP contribution in [0.4, 0.5) is 11.4 Å². The molecule has 4 bridgehead atoms. The summed E-state index contributed by atoms with van der Waals surface area (Å²) in [7, 11) is -1.16. The standard InChI is InChI=1S/C32H36N2O5S/c1-38-29-13-12-28(17-30(29)39-2)40(36,37)34(27-6-4-3-5-7-27)21-31(35)33-26-10-8-25(9-11-26)32-18-22-14-23(19-32)16-24(15-22)20-32/h3-13,17,22-24H,14-16,18-21H2,1-2H3,(H,33,35). The minimum absolute atomic E-state index is 0.00160. The normalized spacial score (nSPS) is 24.9. The summed E-state index contributed by atoms with van der Waals surface area (Å²) in [6.07, 6.45) is 8.05. The van der Waals surface area contributed by atoms with Crippen LogP contribution in [-0.4, -0.2) is 35.1 Å². The molecule has 4 aliphatic carbocycles. The number of anilines is 2. The zero-order chi connectivity index (χ0) is 27.9. The van der Waals surface area contributed by atoms with Gasteiger partial charge >= 0.3 is 0 Å². The molecule has 0 aliphatic heterocycles. The molecule has 7 nitrogen and oxygen atoms in total. The van der Waals surface area contributed by atoms with Gasteiger partial charge in [-0.3, -0.25) is 9.10 Å². The van der Waals surface area contributed by atoms with Gasteiger partial charge in [0.2, 0.25) is 5.91 Å². The number of nitrogens with one attached hydrogen (secondary N) is 1. The summed E-state index contributed by atoms with van der Waals surface area (Å²) in [5.74, 6) is 2.88. The molecule has 1 N–H and O–H groups in total. The van der Waals surface area contributed by atoms with Gasteiger partial charge in [-0.25, -0.2) is 8.42 Å². The lowest BCUT2D eigenvalue weighted by molar-refractivity contribution is -0.114. The summed E-state index contributed by atoms with van der Waals surface area (Å²) in [5.41, 5.74) is 2.72. The Morgan fingerprint density at radius 3 is 2.02 bits per heavy atom. The summed E-state index contributed by atoms with van der Waals surface area (Å²) in [4.78, 5) is 13.2. The number of sulfonamides is 1. The van der Waals surface area contributed by atoms with E-state index in [1.807, 2.05) is 12.1 Å². The molecule has 210 valence electrons. The second-order valence-corrected chi connectivity index (χ2v) is 13.5. The van der Waals surface area contributed by atoms with Gasteiger partial charge in [0.25, 0.3) is 10.0 Å². The van der Waals surface area contributed by atoms with E-state index in [-0.39, 0.29) is 16.9 Å². The summed E-state index contributed by atoms with van der Waals surface area (Å²) in [5, 5.41) is 2.92. The molecule has 0 radical (unpaired) electrons. The fourth-order valence-corrected chi connectivity index (χ4v) is 9.15. The van der Waals surface area contributed by atoms with Gasteiger partial charge in [0.05, 0.1) is 24.8 Å². The van der Waals surface area contributed by atoms with Crippen molar-refractivity contribution in [3.8, 4) is 11.5 Å². The van der Waals surface area contributed by atoms with Gasteiger partial charge in [-0.2, -0.15) is 0 Å². The third-order valence-corrected chi connectivity index (χ3v) is 10.9. The number of hydrogen-bond donors (Lipinski definition) is 1. The van der Waals surface area contributed by atoms with Crippen LogP contribution in [0.5, 0.6) is 11.5 Å². The van der Waals surface area contributed by atoms with Gasteiger partial charge < -0.3 is 14.8 Å². The molecule has 40 heavy (non-hydrogen) atoms. The second-order valence-electron chi connectivity index (χ2n) is 11.7. The number of benzene rings is 3. The average Bonchev–Trinajstić information content (AvgIpc) is 2.95. The maximum atomic E-state index is 13.8. The lowest BCUT2D eigenvalue weighted by Crippen LogP contribution is -2.48. The number of rotatable bonds is 9. The summed E-state index contributed by atoms with van der Waals surface area (Å²) >= 11 is 0. The Bertz CT molecular complexity index is 1450. The number of amides is 1. The molecule has 0 aromatic heterocycles. The van der Waals surface area contributed by atoms with E-state index in [9.17, 15) is 13.2 Å². The van der Waals surface area contributed by atoms with Crippen LogP contribution in [-0.2, 0) is 20.2 Å². The Kier molecular flexibility index (Phi) is 6.98. The molecular formula is C32H36N2O5S. The molecule has 7 rings (SSSR count). The minimum Gasteiger partial charge on any atom is -0.493 e. The topological polar surface area (TPSA) is 84.9 Å². The van der Waals surface area contributed by atoms with Crippen molar-refractivity contribution in [2.45, 2.75) is 48.8 Å². The molecule has 0 heterocycles. The second kappa shape index (κ2) is 10.5. The first kappa shape index (κ1) is 26.7. The van der Waals surface area contributed by atoms with Crippen LogP contribution in [0, 0.1) is 17.8 Å². The quantitative estimate of drug-likeness (QED) is 0.347. The van der Waals surface area contributed by atoms with Crippen molar-refractivity contribution in [1.82, 2.24) is 0 Å². The molecule has 0 spiro atoms. The number of para-hydroxylation sites is 1. The molecule has 0 atom stereocenters. The van der Waals surface area contributed by atoms with Crippen LogP contribution in [0.15, 0.2) is 77.7 Å². The Hall–Kier alpha value is -3.52. The monoisotopic (exact) mass is 560 g/mol. The molecule has 4 fully saturated rings. The summed E-state index contributed by atoms with van der Waals surface area (Å²) in [6, 6.07) is 21.3. The van der Waals surface area contributed by atoms with E-state index in [0.717, 1.165) is 22.1 Å². The van der Waals surface area contributed by atoms with Crippen molar-refractivity contribution < 1.29 is 22.7 Å². The Balaban J connectivity index is 1.21. The lowest BCUT2D eigenvalue weighted by atomic mass is 9.48. The third-order valence-electron chi connectivity index (χ3n) is 9.09. The molecule has 3 aromatic carbocycles. The van der Waals surface area contributed by atoms with E-state index in [1.54, 1.807) is 36.4 Å². The SMILES string of the molecule is COc1ccc(S(=O)(=O)N(CC(=O)Nc2ccc(C34CC5CC(CC(C5)C3)C4)cc2)c2ccccc2)cc1OC. The largest absolute Gasteiger partial charge is 0.493 e. The molecule has 4 aliphatic rings.